The van der Waals surface area contributed by atoms with E-state index in [1.807, 2.05) is 0 Å². The molecule has 0 unspecified atom stereocenters. The zero-order valence-corrected chi connectivity index (χ0v) is 12.6. The maximum absolute atomic E-state index is 12.6. The third-order valence-electron chi connectivity index (χ3n) is 3.40. The predicted octanol–water partition coefficient (Wildman–Crippen LogP) is 2.14. The van der Waals surface area contributed by atoms with Crippen molar-refractivity contribution in [2.75, 3.05) is 7.11 Å². The molecule has 6 heteroatoms. The summed E-state index contributed by atoms with van der Waals surface area (Å²) in [6.07, 6.45) is 0.0126. The number of aliphatic hydroxyl groups is 1. The van der Waals surface area contributed by atoms with Gasteiger partial charge >= 0.3 is 0 Å². The molecule has 1 saturated carbocycles. The van der Waals surface area contributed by atoms with E-state index in [1.165, 1.54) is 7.11 Å². The largest absolute Gasteiger partial charge is 0.495 e. The summed E-state index contributed by atoms with van der Waals surface area (Å²) in [6.45, 7) is 1.66. The van der Waals surface area contributed by atoms with E-state index in [0.717, 1.165) is 0 Å². The second-order valence-electron chi connectivity index (χ2n) is 4.81. The highest BCUT2D eigenvalue weighted by Crippen LogP contribution is 2.45. The van der Waals surface area contributed by atoms with Gasteiger partial charge < -0.3 is 9.84 Å². The Morgan fingerprint density at radius 3 is 2.56 bits per heavy atom. The Balaban J connectivity index is 2.51. The van der Waals surface area contributed by atoms with Crippen LogP contribution in [0, 0.1) is 0 Å². The van der Waals surface area contributed by atoms with Crippen molar-refractivity contribution >= 4 is 25.8 Å². The molecule has 1 fully saturated rings. The lowest BCUT2D eigenvalue weighted by molar-refractivity contribution is 0.0637. The topological polar surface area (TPSA) is 63.6 Å². The standard InChI is InChI=1S/C12H15BrO4S/c1-12(6-9(14)7-12)18(15,16)11-5-8(13)3-4-10(11)17-2/h3-5,9,14H,6-7H2,1-2H3. The van der Waals surface area contributed by atoms with Crippen molar-refractivity contribution in [1.29, 1.82) is 0 Å². The van der Waals surface area contributed by atoms with Crippen LogP contribution in [0.2, 0.25) is 0 Å². The van der Waals surface area contributed by atoms with E-state index in [1.54, 1.807) is 25.1 Å². The van der Waals surface area contributed by atoms with Crippen LogP contribution in [0.25, 0.3) is 0 Å². The third-order valence-corrected chi connectivity index (χ3v) is 6.42. The average molecular weight is 335 g/mol. The number of ether oxygens (including phenoxy) is 1. The lowest BCUT2D eigenvalue weighted by atomic mass is 9.83. The number of benzene rings is 1. The van der Waals surface area contributed by atoms with Gasteiger partial charge in [0.05, 0.1) is 18.0 Å². The van der Waals surface area contributed by atoms with Gasteiger partial charge in [0, 0.05) is 4.47 Å². The SMILES string of the molecule is COc1ccc(Br)cc1S(=O)(=O)C1(C)CC(O)C1. The highest BCUT2D eigenvalue weighted by molar-refractivity contribution is 9.10. The predicted molar refractivity (Wildman–Crippen MR) is 71.5 cm³/mol. The second kappa shape index (κ2) is 4.51. The summed E-state index contributed by atoms with van der Waals surface area (Å²) in [6, 6.07) is 4.90. The van der Waals surface area contributed by atoms with Crippen LogP contribution in [0.5, 0.6) is 5.75 Å². The molecule has 0 aromatic heterocycles. The van der Waals surface area contributed by atoms with Crippen molar-refractivity contribution in [2.45, 2.75) is 35.5 Å². The Bertz CT molecular complexity index is 561. The zero-order valence-electron chi connectivity index (χ0n) is 10.2. The summed E-state index contributed by atoms with van der Waals surface area (Å²) in [5.41, 5.74) is 0. The van der Waals surface area contributed by atoms with Gasteiger partial charge in [-0.25, -0.2) is 8.42 Å². The molecule has 18 heavy (non-hydrogen) atoms. The van der Waals surface area contributed by atoms with Crippen LogP contribution in [0.1, 0.15) is 19.8 Å². The summed E-state index contributed by atoms with van der Waals surface area (Å²) >= 11 is 3.27. The molecule has 0 bridgehead atoms. The minimum Gasteiger partial charge on any atom is -0.495 e. The first-order valence-corrected chi connectivity index (χ1v) is 7.84. The Kier molecular flexibility index (Phi) is 3.46. The van der Waals surface area contributed by atoms with Crippen LogP contribution in [-0.4, -0.2) is 31.5 Å². The fourth-order valence-electron chi connectivity index (χ4n) is 2.28. The molecule has 0 heterocycles. The Hall–Kier alpha value is -0.590. The van der Waals surface area contributed by atoms with E-state index in [2.05, 4.69) is 15.9 Å². The van der Waals surface area contributed by atoms with E-state index < -0.39 is 20.7 Å². The number of halogens is 1. The molecule has 0 atom stereocenters. The number of methoxy groups -OCH3 is 1. The molecule has 4 nitrogen and oxygen atoms in total. The molecule has 0 saturated heterocycles. The van der Waals surface area contributed by atoms with Crippen LogP contribution in [0.15, 0.2) is 27.6 Å². The Morgan fingerprint density at radius 1 is 1.44 bits per heavy atom. The summed E-state index contributed by atoms with van der Waals surface area (Å²) in [5.74, 6) is 0.334. The fourth-order valence-corrected chi connectivity index (χ4v) is 4.85. The van der Waals surface area contributed by atoms with Crippen molar-refractivity contribution in [2.24, 2.45) is 0 Å². The van der Waals surface area contributed by atoms with Crippen LogP contribution in [-0.2, 0) is 9.84 Å². The molecular formula is C12H15BrO4S. The Labute approximate surface area is 115 Å². The minimum atomic E-state index is -3.51. The number of sulfone groups is 1. The van der Waals surface area contributed by atoms with E-state index in [-0.39, 0.29) is 17.7 Å². The number of rotatable bonds is 3. The van der Waals surface area contributed by atoms with Gasteiger partial charge in [-0.15, -0.1) is 0 Å². The van der Waals surface area contributed by atoms with E-state index in [9.17, 15) is 13.5 Å². The highest BCUT2D eigenvalue weighted by atomic mass is 79.9. The zero-order chi connectivity index (χ0) is 13.6. The van der Waals surface area contributed by atoms with Crippen molar-refractivity contribution in [3.05, 3.63) is 22.7 Å². The molecule has 0 radical (unpaired) electrons. The van der Waals surface area contributed by atoms with Gasteiger partial charge in [0.2, 0.25) is 0 Å². The maximum atomic E-state index is 12.6. The molecule has 1 aromatic rings. The molecule has 1 aliphatic carbocycles. The summed E-state index contributed by atoms with van der Waals surface area (Å²) in [4.78, 5) is 0.175. The molecule has 0 amide bonds. The Morgan fingerprint density at radius 2 is 2.06 bits per heavy atom. The monoisotopic (exact) mass is 334 g/mol. The van der Waals surface area contributed by atoms with Crippen molar-refractivity contribution in [3.8, 4) is 5.75 Å². The van der Waals surface area contributed by atoms with Gasteiger partial charge in [-0.05, 0) is 38.0 Å². The first-order valence-electron chi connectivity index (χ1n) is 5.56. The van der Waals surface area contributed by atoms with Crippen LogP contribution < -0.4 is 4.74 Å². The fraction of sp³-hybridized carbons (Fsp3) is 0.500. The third kappa shape index (κ3) is 2.06. The normalized spacial score (nSPS) is 27.7. The van der Waals surface area contributed by atoms with Crippen LogP contribution >= 0.6 is 15.9 Å². The molecule has 0 aliphatic heterocycles. The van der Waals surface area contributed by atoms with Crippen molar-refractivity contribution < 1.29 is 18.3 Å². The lowest BCUT2D eigenvalue weighted by Crippen LogP contribution is -2.50. The molecule has 100 valence electrons. The van der Waals surface area contributed by atoms with Crippen LogP contribution in [0.3, 0.4) is 0 Å². The molecule has 1 N–H and O–H groups in total. The maximum Gasteiger partial charge on any atom is 0.187 e. The second-order valence-corrected chi connectivity index (χ2v) is 8.16. The quantitative estimate of drug-likeness (QED) is 0.919. The van der Waals surface area contributed by atoms with E-state index in [0.29, 0.717) is 10.2 Å². The van der Waals surface area contributed by atoms with Crippen molar-refractivity contribution in [3.63, 3.8) is 0 Å². The summed E-state index contributed by atoms with van der Waals surface area (Å²) in [7, 11) is -2.07. The van der Waals surface area contributed by atoms with Gasteiger partial charge in [-0.2, -0.15) is 0 Å². The first kappa shape index (κ1) is 13.8. The molecular weight excluding hydrogens is 320 g/mol. The summed E-state index contributed by atoms with van der Waals surface area (Å²) < 4.78 is 30.1. The number of hydrogen-bond acceptors (Lipinski definition) is 4. The van der Waals surface area contributed by atoms with Gasteiger partial charge in [0.1, 0.15) is 10.6 Å². The number of aliphatic hydroxyl groups excluding tert-OH is 1. The highest BCUT2D eigenvalue weighted by Gasteiger charge is 2.51. The van der Waals surface area contributed by atoms with E-state index in [4.69, 9.17) is 4.74 Å². The molecule has 0 spiro atoms. The molecule has 2 rings (SSSR count). The van der Waals surface area contributed by atoms with Gasteiger partial charge in [0.25, 0.3) is 0 Å². The molecule has 1 aliphatic rings. The van der Waals surface area contributed by atoms with Crippen LogP contribution in [0.4, 0.5) is 0 Å². The number of hydrogen-bond donors (Lipinski definition) is 1. The van der Waals surface area contributed by atoms with Crippen molar-refractivity contribution in [1.82, 2.24) is 0 Å². The van der Waals surface area contributed by atoms with Gasteiger partial charge in [-0.1, -0.05) is 15.9 Å². The summed E-state index contributed by atoms with van der Waals surface area (Å²) in [5, 5.41) is 9.37. The minimum absolute atomic E-state index is 0.175. The average Bonchev–Trinajstić information content (AvgIpc) is 2.27. The molecule has 1 aromatic carbocycles. The lowest BCUT2D eigenvalue weighted by Gasteiger charge is -2.41. The van der Waals surface area contributed by atoms with E-state index >= 15 is 0 Å². The van der Waals surface area contributed by atoms with Gasteiger partial charge in [-0.3, -0.25) is 0 Å². The first-order chi connectivity index (χ1) is 8.30. The smallest absolute Gasteiger partial charge is 0.187 e. The van der Waals surface area contributed by atoms with Gasteiger partial charge in [0.15, 0.2) is 9.84 Å².